The van der Waals surface area contributed by atoms with Gasteiger partial charge in [-0.2, -0.15) is 0 Å². The monoisotopic (exact) mass is 248 g/mol. The Bertz CT molecular complexity index is 460. The lowest BCUT2D eigenvalue weighted by Crippen LogP contribution is -2.38. The number of benzene rings is 1. The van der Waals surface area contributed by atoms with Gasteiger partial charge in [-0.05, 0) is 24.1 Å². The van der Waals surface area contributed by atoms with E-state index in [9.17, 15) is 4.79 Å². The minimum Gasteiger partial charge on any atom is -0.488 e. The second-order valence-electron chi connectivity index (χ2n) is 6.15. The molecule has 1 aliphatic carbocycles. The standard InChI is InChI=1S/C15H22NO2/c1-11-9-12-5-6-13(10-14(12)15(11)17)18-8-7-16(2,3)4/h5-6,10-11H,7-9H2,1-4H3/q+1/t11-/m1/s1. The summed E-state index contributed by atoms with van der Waals surface area (Å²) in [5.41, 5.74) is 2.01. The highest BCUT2D eigenvalue weighted by atomic mass is 16.5. The SMILES string of the molecule is C[C@@H]1Cc2ccc(OCC[N+](C)(C)C)cc2C1=O. The second kappa shape index (κ2) is 4.73. The van der Waals surface area contributed by atoms with Crippen LogP contribution in [0, 0.1) is 5.92 Å². The minimum atomic E-state index is 0.126. The zero-order valence-corrected chi connectivity index (χ0v) is 11.7. The van der Waals surface area contributed by atoms with Gasteiger partial charge in [0.2, 0.25) is 0 Å². The van der Waals surface area contributed by atoms with Crippen LogP contribution in [0.1, 0.15) is 22.8 Å². The van der Waals surface area contributed by atoms with Crippen LogP contribution in [0.25, 0.3) is 0 Å². The number of likely N-dealkylation sites (N-methyl/N-ethyl adjacent to an activating group) is 1. The zero-order chi connectivity index (χ0) is 13.3. The van der Waals surface area contributed by atoms with Gasteiger partial charge in [0.25, 0.3) is 0 Å². The first-order valence-electron chi connectivity index (χ1n) is 6.47. The highest BCUT2D eigenvalue weighted by Crippen LogP contribution is 2.29. The van der Waals surface area contributed by atoms with Gasteiger partial charge in [0.05, 0.1) is 21.1 Å². The number of hydrogen-bond donors (Lipinski definition) is 0. The minimum absolute atomic E-state index is 0.126. The molecule has 0 N–H and O–H groups in total. The van der Waals surface area contributed by atoms with Crippen LogP contribution in [-0.2, 0) is 6.42 Å². The maximum Gasteiger partial charge on any atom is 0.166 e. The van der Waals surface area contributed by atoms with Crippen LogP contribution in [0.2, 0.25) is 0 Å². The topological polar surface area (TPSA) is 26.3 Å². The molecular weight excluding hydrogens is 226 g/mol. The fraction of sp³-hybridized carbons (Fsp3) is 0.533. The smallest absolute Gasteiger partial charge is 0.166 e. The Morgan fingerprint density at radius 1 is 1.33 bits per heavy atom. The van der Waals surface area contributed by atoms with Gasteiger partial charge < -0.3 is 9.22 Å². The van der Waals surface area contributed by atoms with Gasteiger partial charge in [0, 0.05) is 11.5 Å². The molecule has 0 fully saturated rings. The van der Waals surface area contributed by atoms with Crippen molar-refractivity contribution in [1.29, 1.82) is 0 Å². The van der Waals surface area contributed by atoms with Crippen molar-refractivity contribution in [3.63, 3.8) is 0 Å². The average molecular weight is 248 g/mol. The second-order valence-corrected chi connectivity index (χ2v) is 6.15. The summed E-state index contributed by atoms with van der Waals surface area (Å²) in [6.07, 6.45) is 0.868. The summed E-state index contributed by atoms with van der Waals surface area (Å²) in [6, 6.07) is 5.90. The molecule has 1 aromatic carbocycles. The average Bonchev–Trinajstić information content (AvgIpc) is 2.54. The lowest BCUT2D eigenvalue weighted by atomic mass is 10.1. The van der Waals surface area contributed by atoms with Gasteiger partial charge in [-0.25, -0.2) is 0 Å². The Kier molecular flexibility index (Phi) is 3.44. The third-order valence-electron chi connectivity index (χ3n) is 3.35. The predicted octanol–water partition coefficient (Wildman–Crippen LogP) is 2.15. The summed E-state index contributed by atoms with van der Waals surface area (Å²) in [4.78, 5) is 11.9. The number of ether oxygens (including phenoxy) is 1. The fourth-order valence-electron chi connectivity index (χ4n) is 2.18. The van der Waals surface area contributed by atoms with Crippen LogP contribution < -0.4 is 4.74 Å². The Balaban J connectivity index is 2.02. The summed E-state index contributed by atoms with van der Waals surface area (Å²) in [5.74, 6) is 1.19. The first-order chi connectivity index (χ1) is 8.37. The first kappa shape index (κ1) is 13.1. The van der Waals surface area contributed by atoms with E-state index in [1.165, 1.54) is 0 Å². The summed E-state index contributed by atoms with van der Waals surface area (Å²) >= 11 is 0. The Morgan fingerprint density at radius 3 is 2.72 bits per heavy atom. The molecule has 98 valence electrons. The number of nitrogens with zero attached hydrogens (tertiary/aromatic N) is 1. The summed E-state index contributed by atoms with van der Waals surface area (Å²) < 4.78 is 6.60. The van der Waals surface area contributed by atoms with E-state index in [0.717, 1.165) is 34.3 Å². The van der Waals surface area contributed by atoms with Gasteiger partial charge in [0.1, 0.15) is 18.9 Å². The van der Waals surface area contributed by atoms with Gasteiger partial charge >= 0.3 is 0 Å². The van der Waals surface area contributed by atoms with Crippen LogP contribution in [0.15, 0.2) is 18.2 Å². The van der Waals surface area contributed by atoms with Crippen molar-refractivity contribution in [3.8, 4) is 5.75 Å². The number of carbonyl (C=O) groups is 1. The van der Waals surface area contributed by atoms with Crippen LogP contribution >= 0.6 is 0 Å². The van der Waals surface area contributed by atoms with E-state index < -0.39 is 0 Å². The third kappa shape index (κ3) is 2.91. The molecule has 0 spiro atoms. The van der Waals surface area contributed by atoms with E-state index in [-0.39, 0.29) is 11.7 Å². The maximum atomic E-state index is 11.9. The van der Waals surface area contributed by atoms with Crippen molar-refractivity contribution in [2.45, 2.75) is 13.3 Å². The lowest BCUT2D eigenvalue weighted by molar-refractivity contribution is -0.870. The van der Waals surface area contributed by atoms with Gasteiger partial charge in [-0.1, -0.05) is 13.0 Å². The van der Waals surface area contributed by atoms with Gasteiger partial charge in [0.15, 0.2) is 5.78 Å². The lowest BCUT2D eigenvalue weighted by Gasteiger charge is -2.23. The number of ketones is 1. The number of fused-ring (bicyclic) bond motifs is 1. The predicted molar refractivity (Wildman–Crippen MR) is 72.0 cm³/mol. The van der Waals surface area contributed by atoms with E-state index in [1.807, 2.05) is 25.1 Å². The van der Waals surface area contributed by atoms with Crippen LogP contribution in [0.3, 0.4) is 0 Å². The highest BCUT2D eigenvalue weighted by Gasteiger charge is 2.27. The molecule has 0 aromatic heterocycles. The molecule has 0 heterocycles. The number of Topliss-reactive ketones (excluding diaryl/α,β-unsaturated/α-hetero) is 1. The van der Waals surface area contributed by atoms with E-state index in [0.29, 0.717) is 6.61 Å². The molecule has 0 saturated heterocycles. The van der Waals surface area contributed by atoms with Gasteiger partial charge in [-0.15, -0.1) is 0 Å². The van der Waals surface area contributed by atoms with Crippen molar-refractivity contribution in [3.05, 3.63) is 29.3 Å². The van der Waals surface area contributed by atoms with E-state index in [1.54, 1.807) is 0 Å². The molecule has 3 heteroatoms. The molecule has 0 unspecified atom stereocenters. The molecule has 0 aliphatic heterocycles. The Labute approximate surface area is 109 Å². The molecule has 3 nitrogen and oxygen atoms in total. The number of quaternary nitrogens is 1. The molecule has 2 rings (SSSR count). The molecule has 1 atom stereocenters. The summed E-state index contributed by atoms with van der Waals surface area (Å²) in [6.45, 7) is 3.60. The number of hydrogen-bond acceptors (Lipinski definition) is 2. The van der Waals surface area contributed by atoms with Crippen molar-refractivity contribution in [2.75, 3.05) is 34.3 Å². The quantitative estimate of drug-likeness (QED) is 0.763. The molecule has 0 amide bonds. The molecule has 0 bridgehead atoms. The van der Waals surface area contributed by atoms with Crippen LogP contribution in [0.5, 0.6) is 5.75 Å². The molecule has 1 aliphatic rings. The Morgan fingerprint density at radius 2 is 2.06 bits per heavy atom. The molecule has 1 aromatic rings. The Hall–Kier alpha value is -1.35. The molecule has 18 heavy (non-hydrogen) atoms. The molecule has 0 radical (unpaired) electrons. The normalized spacial score (nSPS) is 18.9. The molecular formula is C15H22NO2+. The maximum absolute atomic E-state index is 11.9. The van der Waals surface area contributed by atoms with Crippen LogP contribution in [0.4, 0.5) is 0 Å². The first-order valence-corrected chi connectivity index (χ1v) is 6.47. The van der Waals surface area contributed by atoms with E-state index in [2.05, 4.69) is 21.1 Å². The number of carbonyl (C=O) groups excluding carboxylic acids is 1. The van der Waals surface area contributed by atoms with Crippen molar-refractivity contribution in [1.82, 2.24) is 0 Å². The van der Waals surface area contributed by atoms with Crippen LogP contribution in [-0.4, -0.2) is 44.6 Å². The summed E-state index contributed by atoms with van der Waals surface area (Å²) in [5, 5.41) is 0. The number of rotatable bonds is 4. The van der Waals surface area contributed by atoms with E-state index in [4.69, 9.17) is 4.74 Å². The summed E-state index contributed by atoms with van der Waals surface area (Å²) in [7, 11) is 6.41. The third-order valence-corrected chi connectivity index (χ3v) is 3.35. The zero-order valence-electron chi connectivity index (χ0n) is 11.7. The van der Waals surface area contributed by atoms with E-state index >= 15 is 0 Å². The van der Waals surface area contributed by atoms with Crippen molar-refractivity contribution >= 4 is 5.78 Å². The highest BCUT2D eigenvalue weighted by molar-refractivity contribution is 6.02. The fourth-order valence-corrected chi connectivity index (χ4v) is 2.18. The van der Waals surface area contributed by atoms with Crippen molar-refractivity contribution < 1.29 is 14.0 Å². The van der Waals surface area contributed by atoms with Crippen molar-refractivity contribution in [2.24, 2.45) is 5.92 Å². The molecule has 0 saturated carbocycles. The largest absolute Gasteiger partial charge is 0.488 e. The van der Waals surface area contributed by atoms with Gasteiger partial charge in [-0.3, -0.25) is 4.79 Å².